The van der Waals surface area contributed by atoms with E-state index in [-0.39, 0.29) is 0 Å². The summed E-state index contributed by atoms with van der Waals surface area (Å²) < 4.78 is 0. The molecule has 1 rings (SSSR count). The van der Waals surface area contributed by atoms with Crippen molar-refractivity contribution in [1.82, 2.24) is 0 Å². The van der Waals surface area contributed by atoms with Gasteiger partial charge in [0, 0.05) is 0 Å². The van der Waals surface area contributed by atoms with Gasteiger partial charge in [-0.05, 0) is 24.1 Å². The second-order valence-corrected chi connectivity index (χ2v) is 2.75. The minimum Gasteiger partial charge on any atom is -0.313 e. The fourth-order valence-electron chi connectivity index (χ4n) is 1.09. The van der Waals surface area contributed by atoms with Crippen molar-refractivity contribution in [3.8, 4) is 0 Å². The van der Waals surface area contributed by atoms with Crippen LogP contribution in [-0.4, -0.2) is 6.21 Å². The molecule has 0 unspecified atom stereocenters. The number of hydrogen-bond acceptors (Lipinski definition) is 1. The average Bonchev–Trinajstić information content (AvgIpc) is 2.07. The monoisotopic (exact) mass is 147 g/mol. The Labute approximate surface area is 67.6 Å². The lowest BCUT2D eigenvalue weighted by Gasteiger charge is -2.06. The first-order chi connectivity index (χ1) is 5.34. The Morgan fingerprint density at radius 2 is 2.00 bits per heavy atom. The van der Waals surface area contributed by atoms with Gasteiger partial charge < -0.3 is 5.41 Å². The molecule has 58 valence electrons. The molecule has 0 aliphatic heterocycles. The van der Waals surface area contributed by atoms with Crippen molar-refractivity contribution in [3.05, 3.63) is 35.9 Å². The standard InChI is InChI=1S/C10H13N/c1-9(7-8-11)10-5-3-2-4-6-10/h2-6,8-9,11H,7H2,1H3/t9-/m1/s1. The number of nitrogens with one attached hydrogen (secondary N) is 1. The molecule has 1 heteroatoms. The fraction of sp³-hybridized carbons (Fsp3) is 0.300. The molecular weight excluding hydrogens is 134 g/mol. The van der Waals surface area contributed by atoms with E-state index in [0.717, 1.165) is 6.42 Å². The van der Waals surface area contributed by atoms with Gasteiger partial charge in [0.25, 0.3) is 0 Å². The van der Waals surface area contributed by atoms with E-state index in [0.29, 0.717) is 5.92 Å². The quantitative estimate of drug-likeness (QED) is 0.636. The molecule has 0 bridgehead atoms. The lowest BCUT2D eigenvalue weighted by atomic mass is 9.99. The van der Waals surface area contributed by atoms with Crippen LogP contribution in [0.15, 0.2) is 30.3 Å². The van der Waals surface area contributed by atoms with Crippen molar-refractivity contribution in [2.75, 3.05) is 0 Å². The summed E-state index contributed by atoms with van der Waals surface area (Å²) in [5, 5.41) is 6.96. The second kappa shape index (κ2) is 3.91. The fourth-order valence-corrected chi connectivity index (χ4v) is 1.09. The first kappa shape index (κ1) is 7.99. The molecule has 0 radical (unpaired) electrons. The molecule has 1 N–H and O–H groups in total. The highest BCUT2D eigenvalue weighted by Crippen LogP contribution is 2.16. The lowest BCUT2D eigenvalue weighted by Crippen LogP contribution is -1.92. The van der Waals surface area contributed by atoms with Gasteiger partial charge in [-0.3, -0.25) is 0 Å². The molecule has 0 aliphatic rings. The summed E-state index contributed by atoms with van der Waals surface area (Å²) in [7, 11) is 0. The van der Waals surface area contributed by atoms with E-state index in [1.165, 1.54) is 11.8 Å². The maximum absolute atomic E-state index is 6.96. The maximum Gasteiger partial charge on any atom is -0.00418 e. The molecule has 1 atom stereocenters. The van der Waals surface area contributed by atoms with Crippen LogP contribution in [-0.2, 0) is 0 Å². The summed E-state index contributed by atoms with van der Waals surface area (Å²) in [5.41, 5.74) is 1.32. The summed E-state index contributed by atoms with van der Waals surface area (Å²) in [6.07, 6.45) is 2.31. The van der Waals surface area contributed by atoms with E-state index in [1.807, 2.05) is 18.2 Å². The normalized spacial score (nSPS) is 12.5. The zero-order chi connectivity index (χ0) is 8.10. The van der Waals surface area contributed by atoms with Crippen molar-refractivity contribution in [2.45, 2.75) is 19.3 Å². The molecule has 0 spiro atoms. The SMILES string of the molecule is C[C@H](CC=N)c1ccccc1. The van der Waals surface area contributed by atoms with Crippen LogP contribution in [0.3, 0.4) is 0 Å². The van der Waals surface area contributed by atoms with Gasteiger partial charge in [-0.2, -0.15) is 0 Å². The largest absolute Gasteiger partial charge is 0.313 e. The van der Waals surface area contributed by atoms with Gasteiger partial charge in [0.1, 0.15) is 0 Å². The Morgan fingerprint density at radius 1 is 1.36 bits per heavy atom. The Morgan fingerprint density at radius 3 is 2.55 bits per heavy atom. The number of rotatable bonds is 3. The summed E-state index contributed by atoms with van der Waals surface area (Å²) in [4.78, 5) is 0. The highest BCUT2D eigenvalue weighted by Gasteiger charge is 2.00. The van der Waals surface area contributed by atoms with Gasteiger partial charge in [0.15, 0.2) is 0 Å². The summed E-state index contributed by atoms with van der Waals surface area (Å²) in [5.74, 6) is 0.480. The third kappa shape index (κ3) is 2.19. The third-order valence-electron chi connectivity index (χ3n) is 1.84. The Kier molecular flexibility index (Phi) is 2.84. The van der Waals surface area contributed by atoms with Gasteiger partial charge >= 0.3 is 0 Å². The van der Waals surface area contributed by atoms with E-state index in [2.05, 4.69) is 19.1 Å². The molecule has 0 amide bonds. The van der Waals surface area contributed by atoms with Gasteiger partial charge in [-0.25, -0.2) is 0 Å². The topological polar surface area (TPSA) is 23.9 Å². The summed E-state index contributed by atoms with van der Waals surface area (Å²) >= 11 is 0. The van der Waals surface area contributed by atoms with Crippen LogP contribution in [0.1, 0.15) is 24.8 Å². The number of hydrogen-bond donors (Lipinski definition) is 1. The molecule has 1 nitrogen and oxygen atoms in total. The summed E-state index contributed by atoms with van der Waals surface area (Å²) in [6, 6.07) is 10.3. The smallest absolute Gasteiger partial charge is 0.00418 e. The van der Waals surface area contributed by atoms with E-state index in [4.69, 9.17) is 5.41 Å². The van der Waals surface area contributed by atoms with Crippen LogP contribution in [0, 0.1) is 5.41 Å². The van der Waals surface area contributed by atoms with Crippen LogP contribution in [0.25, 0.3) is 0 Å². The first-order valence-electron chi connectivity index (χ1n) is 3.88. The highest BCUT2D eigenvalue weighted by atomic mass is 14.3. The van der Waals surface area contributed by atoms with Crippen molar-refractivity contribution >= 4 is 6.21 Å². The molecule has 0 fully saturated rings. The second-order valence-electron chi connectivity index (χ2n) is 2.75. The molecule has 0 saturated carbocycles. The Balaban J connectivity index is 2.68. The zero-order valence-corrected chi connectivity index (χ0v) is 6.75. The van der Waals surface area contributed by atoms with Crippen molar-refractivity contribution in [2.24, 2.45) is 0 Å². The molecule has 0 saturated heterocycles. The van der Waals surface area contributed by atoms with E-state index in [9.17, 15) is 0 Å². The molecular formula is C10H13N. The molecule has 1 aromatic carbocycles. The molecule has 0 heterocycles. The predicted molar refractivity (Wildman–Crippen MR) is 48.3 cm³/mol. The molecule has 0 aromatic heterocycles. The average molecular weight is 147 g/mol. The van der Waals surface area contributed by atoms with E-state index in [1.54, 1.807) is 0 Å². The van der Waals surface area contributed by atoms with Crippen LogP contribution in [0.5, 0.6) is 0 Å². The molecule has 1 aromatic rings. The Hall–Kier alpha value is -1.11. The van der Waals surface area contributed by atoms with Crippen molar-refractivity contribution in [1.29, 1.82) is 5.41 Å². The maximum atomic E-state index is 6.96. The van der Waals surface area contributed by atoms with Crippen LogP contribution < -0.4 is 0 Å². The van der Waals surface area contributed by atoms with Crippen molar-refractivity contribution in [3.63, 3.8) is 0 Å². The lowest BCUT2D eigenvalue weighted by molar-refractivity contribution is 0.811. The van der Waals surface area contributed by atoms with Crippen LogP contribution >= 0.6 is 0 Å². The minimum atomic E-state index is 0.480. The van der Waals surface area contributed by atoms with E-state index < -0.39 is 0 Å². The third-order valence-corrected chi connectivity index (χ3v) is 1.84. The van der Waals surface area contributed by atoms with Gasteiger partial charge in [0.05, 0.1) is 0 Å². The van der Waals surface area contributed by atoms with Crippen LogP contribution in [0.2, 0.25) is 0 Å². The van der Waals surface area contributed by atoms with Gasteiger partial charge in [-0.15, -0.1) is 0 Å². The van der Waals surface area contributed by atoms with Crippen molar-refractivity contribution < 1.29 is 0 Å². The number of benzene rings is 1. The first-order valence-corrected chi connectivity index (χ1v) is 3.88. The summed E-state index contributed by atoms with van der Waals surface area (Å²) in [6.45, 7) is 2.14. The molecule has 0 aliphatic carbocycles. The molecule has 11 heavy (non-hydrogen) atoms. The minimum absolute atomic E-state index is 0.480. The zero-order valence-electron chi connectivity index (χ0n) is 6.75. The Bertz CT molecular complexity index is 216. The van der Waals surface area contributed by atoms with E-state index >= 15 is 0 Å². The highest BCUT2D eigenvalue weighted by molar-refractivity contribution is 5.54. The predicted octanol–water partition coefficient (Wildman–Crippen LogP) is 2.83. The van der Waals surface area contributed by atoms with Gasteiger partial charge in [-0.1, -0.05) is 37.3 Å². The van der Waals surface area contributed by atoms with Gasteiger partial charge in [0.2, 0.25) is 0 Å². The van der Waals surface area contributed by atoms with Crippen LogP contribution in [0.4, 0.5) is 0 Å².